The zero-order chi connectivity index (χ0) is 17.1. The second-order valence-corrected chi connectivity index (χ2v) is 7.12. The smallest absolute Gasteiger partial charge is 0.230 e. The van der Waals surface area contributed by atoms with E-state index in [2.05, 4.69) is 51.5 Å². The van der Waals surface area contributed by atoms with Crippen LogP contribution in [-0.4, -0.2) is 53.9 Å². The molecule has 0 saturated carbocycles. The molecule has 26 heavy (non-hydrogen) atoms. The van der Waals surface area contributed by atoms with E-state index in [-0.39, 0.29) is 12.4 Å². The molecule has 1 aromatic heterocycles. The number of benzene rings is 1. The van der Waals surface area contributed by atoms with Gasteiger partial charge in [0.2, 0.25) is 11.7 Å². The van der Waals surface area contributed by atoms with Crippen molar-refractivity contribution in [2.24, 2.45) is 0 Å². The molecule has 6 nitrogen and oxygen atoms in total. The Balaban J connectivity index is 0.00000196. The number of nitrogens with one attached hydrogen (secondary N) is 1. The van der Waals surface area contributed by atoms with Crippen molar-refractivity contribution in [3.63, 3.8) is 0 Å². The van der Waals surface area contributed by atoms with Crippen LogP contribution in [0.15, 0.2) is 28.8 Å². The Labute approximate surface area is 160 Å². The number of hydrogen-bond acceptors (Lipinski definition) is 6. The van der Waals surface area contributed by atoms with Crippen LogP contribution in [0.4, 0.5) is 0 Å². The molecule has 3 heterocycles. The summed E-state index contributed by atoms with van der Waals surface area (Å²) in [6.07, 6.45) is 2.11. The molecule has 2 aliphatic rings. The molecular weight excluding hydrogens is 352 g/mol. The van der Waals surface area contributed by atoms with E-state index in [9.17, 15) is 0 Å². The Hall–Kier alpha value is -1.47. The molecular formula is C19H27ClN4O2. The zero-order valence-corrected chi connectivity index (χ0v) is 16.0. The maximum atomic E-state index is 5.58. The second kappa shape index (κ2) is 8.95. The SMILES string of the molecule is C[C@H]1C[C@@H](c2nc(-c3cccc(CN4CCOCC4)c3)no2)CCN1.Cl. The van der Waals surface area contributed by atoms with Crippen molar-refractivity contribution < 1.29 is 9.26 Å². The van der Waals surface area contributed by atoms with Crippen LogP contribution in [0.5, 0.6) is 0 Å². The largest absolute Gasteiger partial charge is 0.379 e. The van der Waals surface area contributed by atoms with Crippen LogP contribution in [0.25, 0.3) is 11.4 Å². The van der Waals surface area contributed by atoms with Gasteiger partial charge in [0, 0.05) is 37.2 Å². The first-order valence-corrected chi connectivity index (χ1v) is 9.24. The molecule has 0 radical (unpaired) electrons. The normalized spacial score (nSPS) is 24.2. The third kappa shape index (κ3) is 4.62. The monoisotopic (exact) mass is 378 g/mol. The van der Waals surface area contributed by atoms with Gasteiger partial charge in [0.25, 0.3) is 0 Å². The summed E-state index contributed by atoms with van der Waals surface area (Å²) in [6.45, 7) is 7.78. The molecule has 2 aromatic rings. The highest BCUT2D eigenvalue weighted by atomic mass is 35.5. The van der Waals surface area contributed by atoms with Crippen LogP contribution in [-0.2, 0) is 11.3 Å². The molecule has 2 fully saturated rings. The van der Waals surface area contributed by atoms with E-state index in [0.717, 1.165) is 63.7 Å². The number of morpholine rings is 1. The van der Waals surface area contributed by atoms with E-state index in [0.29, 0.717) is 17.8 Å². The van der Waals surface area contributed by atoms with Crippen molar-refractivity contribution in [3.8, 4) is 11.4 Å². The van der Waals surface area contributed by atoms with Crippen molar-refractivity contribution >= 4 is 12.4 Å². The zero-order valence-electron chi connectivity index (χ0n) is 15.2. The maximum Gasteiger partial charge on any atom is 0.230 e. The Morgan fingerprint density at radius 3 is 2.92 bits per heavy atom. The highest BCUT2D eigenvalue weighted by molar-refractivity contribution is 5.85. The van der Waals surface area contributed by atoms with Crippen LogP contribution in [0.2, 0.25) is 0 Å². The summed E-state index contributed by atoms with van der Waals surface area (Å²) in [5.74, 6) is 1.85. The van der Waals surface area contributed by atoms with Gasteiger partial charge in [0.1, 0.15) is 0 Å². The summed E-state index contributed by atoms with van der Waals surface area (Å²) in [7, 11) is 0. The molecule has 1 N–H and O–H groups in total. The van der Waals surface area contributed by atoms with Crippen molar-refractivity contribution in [2.75, 3.05) is 32.8 Å². The second-order valence-electron chi connectivity index (χ2n) is 7.12. The number of aromatic nitrogens is 2. The lowest BCUT2D eigenvalue weighted by Gasteiger charge is -2.26. The minimum absolute atomic E-state index is 0. The molecule has 0 bridgehead atoms. The maximum absolute atomic E-state index is 5.58. The predicted molar refractivity (Wildman–Crippen MR) is 103 cm³/mol. The summed E-state index contributed by atoms with van der Waals surface area (Å²) >= 11 is 0. The minimum Gasteiger partial charge on any atom is -0.379 e. The molecule has 7 heteroatoms. The Bertz CT molecular complexity index is 702. The van der Waals surface area contributed by atoms with Gasteiger partial charge in [-0.2, -0.15) is 4.98 Å². The first-order valence-electron chi connectivity index (χ1n) is 9.24. The van der Waals surface area contributed by atoms with E-state index < -0.39 is 0 Å². The van der Waals surface area contributed by atoms with Gasteiger partial charge in [-0.1, -0.05) is 23.4 Å². The molecule has 142 valence electrons. The quantitative estimate of drug-likeness (QED) is 0.882. The third-order valence-corrected chi connectivity index (χ3v) is 5.11. The van der Waals surface area contributed by atoms with E-state index in [4.69, 9.17) is 9.26 Å². The fraction of sp³-hybridized carbons (Fsp3) is 0.579. The van der Waals surface area contributed by atoms with Crippen LogP contribution in [0.3, 0.4) is 0 Å². The summed E-state index contributed by atoms with van der Waals surface area (Å²) in [5.41, 5.74) is 2.31. The lowest BCUT2D eigenvalue weighted by molar-refractivity contribution is 0.0342. The van der Waals surface area contributed by atoms with Crippen molar-refractivity contribution in [2.45, 2.75) is 38.3 Å². The van der Waals surface area contributed by atoms with Crippen LogP contribution >= 0.6 is 12.4 Å². The highest BCUT2D eigenvalue weighted by Gasteiger charge is 2.25. The average molecular weight is 379 g/mol. The molecule has 0 spiro atoms. The summed E-state index contributed by atoms with van der Waals surface area (Å²) in [4.78, 5) is 7.10. The summed E-state index contributed by atoms with van der Waals surface area (Å²) in [5, 5.41) is 7.70. The number of halogens is 1. The molecule has 2 atom stereocenters. The van der Waals surface area contributed by atoms with Gasteiger partial charge < -0.3 is 14.6 Å². The minimum atomic E-state index is 0. The number of ether oxygens (including phenoxy) is 1. The van der Waals surface area contributed by atoms with Crippen LogP contribution < -0.4 is 5.32 Å². The molecule has 0 unspecified atom stereocenters. The van der Waals surface area contributed by atoms with Crippen LogP contribution in [0, 0.1) is 0 Å². The van der Waals surface area contributed by atoms with E-state index >= 15 is 0 Å². The number of rotatable bonds is 4. The van der Waals surface area contributed by atoms with Crippen molar-refractivity contribution in [1.82, 2.24) is 20.4 Å². The summed E-state index contributed by atoms with van der Waals surface area (Å²) < 4.78 is 11.0. The highest BCUT2D eigenvalue weighted by Crippen LogP contribution is 2.28. The van der Waals surface area contributed by atoms with Gasteiger partial charge >= 0.3 is 0 Å². The Morgan fingerprint density at radius 2 is 2.12 bits per heavy atom. The fourth-order valence-corrected chi connectivity index (χ4v) is 3.70. The lowest BCUT2D eigenvalue weighted by atomic mass is 9.93. The number of piperidine rings is 1. The van der Waals surface area contributed by atoms with E-state index in [1.807, 2.05) is 0 Å². The fourth-order valence-electron chi connectivity index (χ4n) is 3.70. The standard InChI is InChI=1S/C19H26N4O2.ClH/c1-14-11-17(5-6-20-14)19-21-18(22-25-19)16-4-2-3-15(12-16)13-23-7-9-24-10-8-23;/h2-4,12,14,17,20H,5-11,13H2,1H3;1H/t14-,17-;/m0./s1. The predicted octanol–water partition coefficient (Wildman–Crippen LogP) is 2.85. The molecule has 0 aliphatic carbocycles. The Morgan fingerprint density at radius 1 is 1.27 bits per heavy atom. The van der Waals surface area contributed by atoms with Gasteiger partial charge in [-0.05, 0) is 37.9 Å². The topological polar surface area (TPSA) is 63.4 Å². The molecule has 2 saturated heterocycles. The first kappa shape index (κ1) is 19.3. The summed E-state index contributed by atoms with van der Waals surface area (Å²) in [6, 6.07) is 8.98. The van der Waals surface area contributed by atoms with Gasteiger partial charge in [0.05, 0.1) is 13.2 Å². The van der Waals surface area contributed by atoms with Crippen molar-refractivity contribution in [3.05, 3.63) is 35.7 Å². The molecule has 1 aromatic carbocycles. The lowest BCUT2D eigenvalue weighted by Crippen LogP contribution is -2.35. The van der Waals surface area contributed by atoms with Gasteiger partial charge in [-0.15, -0.1) is 12.4 Å². The number of hydrogen-bond donors (Lipinski definition) is 1. The van der Waals surface area contributed by atoms with Gasteiger partial charge in [-0.25, -0.2) is 0 Å². The molecule has 2 aliphatic heterocycles. The van der Waals surface area contributed by atoms with E-state index in [1.54, 1.807) is 0 Å². The molecule has 4 rings (SSSR count). The Kier molecular flexibility index (Phi) is 6.64. The van der Waals surface area contributed by atoms with Crippen molar-refractivity contribution in [1.29, 1.82) is 0 Å². The van der Waals surface area contributed by atoms with Gasteiger partial charge in [0.15, 0.2) is 0 Å². The number of nitrogens with zero attached hydrogens (tertiary/aromatic N) is 3. The van der Waals surface area contributed by atoms with Gasteiger partial charge in [-0.3, -0.25) is 4.90 Å². The molecule has 0 amide bonds. The van der Waals surface area contributed by atoms with E-state index in [1.165, 1.54) is 5.56 Å². The van der Waals surface area contributed by atoms with Crippen LogP contribution in [0.1, 0.15) is 37.1 Å². The first-order chi connectivity index (χ1) is 12.3. The average Bonchev–Trinajstić information content (AvgIpc) is 3.13. The third-order valence-electron chi connectivity index (χ3n) is 5.11.